The van der Waals surface area contributed by atoms with Gasteiger partial charge in [-0.1, -0.05) is 0 Å². The third-order valence-electron chi connectivity index (χ3n) is 3.44. The second-order valence-electron chi connectivity index (χ2n) is 4.79. The predicted octanol–water partition coefficient (Wildman–Crippen LogP) is 0.178. The van der Waals surface area contributed by atoms with Crippen LogP contribution in [-0.2, 0) is 14.3 Å². The van der Waals surface area contributed by atoms with Gasteiger partial charge in [0.05, 0.1) is 12.2 Å². The zero-order valence-corrected chi connectivity index (χ0v) is 10.2. The minimum absolute atomic E-state index is 0.0184. The Labute approximate surface area is 102 Å². The number of rotatable bonds is 4. The highest BCUT2D eigenvalue weighted by Crippen LogP contribution is 2.19. The number of nitrogens with two attached hydrogens (primary N) is 1. The fraction of sp³-hybridized carbons (Fsp3) is 0.917. The molecule has 1 unspecified atom stereocenters. The quantitative estimate of drug-likeness (QED) is 0.737. The molecule has 1 amide bonds. The molecule has 2 aliphatic rings. The molecule has 0 aliphatic carbocycles. The average Bonchev–Trinajstić information content (AvgIpc) is 2.86. The van der Waals surface area contributed by atoms with E-state index >= 15 is 0 Å². The van der Waals surface area contributed by atoms with Crippen LogP contribution >= 0.6 is 0 Å². The summed E-state index contributed by atoms with van der Waals surface area (Å²) in [5.41, 5.74) is 5.51. The first-order chi connectivity index (χ1) is 8.29. The largest absolute Gasteiger partial charge is 0.376 e. The molecule has 0 radical (unpaired) electrons. The highest BCUT2D eigenvalue weighted by molar-refractivity contribution is 5.81. The summed E-state index contributed by atoms with van der Waals surface area (Å²) in [4.78, 5) is 11.8. The number of nitrogens with one attached hydrogen (secondary N) is 1. The van der Waals surface area contributed by atoms with Crippen LogP contribution in [0.25, 0.3) is 0 Å². The average molecular weight is 242 g/mol. The third-order valence-corrected chi connectivity index (χ3v) is 3.44. The first-order valence-corrected chi connectivity index (χ1v) is 6.54. The van der Waals surface area contributed by atoms with Crippen molar-refractivity contribution in [3.05, 3.63) is 0 Å². The van der Waals surface area contributed by atoms with E-state index in [0.29, 0.717) is 13.1 Å². The Kier molecular flexibility index (Phi) is 4.76. The van der Waals surface area contributed by atoms with Crippen LogP contribution in [0.3, 0.4) is 0 Å². The number of amides is 1. The second kappa shape index (κ2) is 6.33. The molecule has 17 heavy (non-hydrogen) atoms. The second-order valence-corrected chi connectivity index (χ2v) is 4.79. The monoisotopic (exact) mass is 242 g/mol. The molecule has 2 heterocycles. The smallest absolute Gasteiger partial charge is 0.249 e. The highest BCUT2D eigenvalue weighted by Gasteiger charge is 2.30. The van der Waals surface area contributed by atoms with Gasteiger partial charge in [-0.05, 0) is 32.1 Å². The Hall–Kier alpha value is -0.650. The zero-order chi connectivity index (χ0) is 12.1. The molecule has 0 bridgehead atoms. The first-order valence-electron chi connectivity index (χ1n) is 6.54. The summed E-state index contributed by atoms with van der Waals surface area (Å²) >= 11 is 0. The lowest BCUT2D eigenvalue weighted by molar-refractivity contribution is -0.132. The van der Waals surface area contributed by atoms with Crippen LogP contribution in [0.5, 0.6) is 0 Å². The topological polar surface area (TPSA) is 73.6 Å². The molecule has 0 aromatic heterocycles. The first kappa shape index (κ1) is 12.8. The van der Waals surface area contributed by atoms with Gasteiger partial charge in [-0.15, -0.1) is 0 Å². The summed E-state index contributed by atoms with van der Waals surface area (Å²) in [6.45, 7) is 1.91. The van der Waals surface area contributed by atoms with E-state index in [4.69, 9.17) is 15.2 Å². The SMILES string of the molecule is NC[C@H]1CC[C@@H](C(=O)NCC2CCCCO2)O1. The van der Waals surface area contributed by atoms with Gasteiger partial charge in [0, 0.05) is 19.7 Å². The van der Waals surface area contributed by atoms with E-state index < -0.39 is 0 Å². The lowest BCUT2D eigenvalue weighted by Crippen LogP contribution is -2.41. The van der Waals surface area contributed by atoms with Crippen molar-refractivity contribution in [2.45, 2.75) is 50.4 Å². The molecule has 2 aliphatic heterocycles. The van der Waals surface area contributed by atoms with Gasteiger partial charge in [0.25, 0.3) is 0 Å². The van der Waals surface area contributed by atoms with E-state index in [1.165, 1.54) is 6.42 Å². The van der Waals surface area contributed by atoms with Crippen molar-refractivity contribution in [1.29, 1.82) is 0 Å². The summed E-state index contributed by atoms with van der Waals surface area (Å²) in [6, 6.07) is 0. The number of hydrogen-bond acceptors (Lipinski definition) is 4. The maximum Gasteiger partial charge on any atom is 0.249 e. The fourth-order valence-corrected chi connectivity index (χ4v) is 2.37. The van der Waals surface area contributed by atoms with Gasteiger partial charge in [0.2, 0.25) is 5.91 Å². The van der Waals surface area contributed by atoms with Crippen molar-refractivity contribution in [1.82, 2.24) is 5.32 Å². The predicted molar refractivity (Wildman–Crippen MR) is 63.6 cm³/mol. The minimum Gasteiger partial charge on any atom is -0.376 e. The molecule has 3 N–H and O–H groups in total. The van der Waals surface area contributed by atoms with E-state index in [2.05, 4.69) is 5.32 Å². The van der Waals surface area contributed by atoms with Gasteiger partial charge in [-0.25, -0.2) is 0 Å². The molecular weight excluding hydrogens is 220 g/mol. The van der Waals surface area contributed by atoms with E-state index in [-0.39, 0.29) is 24.2 Å². The van der Waals surface area contributed by atoms with Crippen LogP contribution in [0, 0.1) is 0 Å². The van der Waals surface area contributed by atoms with Gasteiger partial charge in [0.15, 0.2) is 0 Å². The van der Waals surface area contributed by atoms with Gasteiger partial charge in [0.1, 0.15) is 6.10 Å². The summed E-state index contributed by atoms with van der Waals surface area (Å²) in [5, 5.41) is 2.91. The van der Waals surface area contributed by atoms with Crippen molar-refractivity contribution < 1.29 is 14.3 Å². The number of hydrogen-bond donors (Lipinski definition) is 2. The Morgan fingerprint density at radius 2 is 2.12 bits per heavy atom. The van der Waals surface area contributed by atoms with Crippen LogP contribution in [0.15, 0.2) is 0 Å². The van der Waals surface area contributed by atoms with Crippen molar-refractivity contribution in [2.24, 2.45) is 5.73 Å². The molecule has 98 valence electrons. The molecule has 3 atom stereocenters. The third kappa shape index (κ3) is 3.66. The molecule has 0 aromatic rings. The Balaban J connectivity index is 1.66. The Bertz CT molecular complexity index is 254. The molecule has 5 heteroatoms. The number of carbonyl (C=O) groups excluding carboxylic acids is 1. The molecule has 0 aromatic carbocycles. The molecule has 0 saturated carbocycles. The summed E-state index contributed by atoms with van der Waals surface area (Å²) in [7, 11) is 0. The Morgan fingerprint density at radius 3 is 2.76 bits per heavy atom. The molecule has 2 fully saturated rings. The Morgan fingerprint density at radius 1 is 1.24 bits per heavy atom. The van der Waals surface area contributed by atoms with Crippen molar-refractivity contribution in [3.63, 3.8) is 0 Å². The molecule has 2 saturated heterocycles. The summed E-state index contributed by atoms with van der Waals surface area (Å²) in [5.74, 6) is -0.0184. The van der Waals surface area contributed by atoms with Crippen molar-refractivity contribution >= 4 is 5.91 Å². The molecule has 0 spiro atoms. The number of carbonyl (C=O) groups is 1. The van der Waals surface area contributed by atoms with Crippen LogP contribution in [0.1, 0.15) is 32.1 Å². The van der Waals surface area contributed by atoms with Gasteiger partial charge >= 0.3 is 0 Å². The van der Waals surface area contributed by atoms with Gasteiger partial charge in [-0.2, -0.15) is 0 Å². The molecule has 2 rings (SSSR count). The van der Waals surface area contributed by atoms with E-state index in [1.54, 1.807) is 0 Å². The van der Waals surface area contributed by atoms with Gasteiger partial charge < -0.3 is 20.5 Å². The normalized spacial score (nSPS) is 33.6. The lowest BCUT2D eigenvalue weighted by atomic mass is 10.1. The lowest BCUT2D eigenvalue weighted by Gasteiger charge is -2.23. The van der Waals surface area contributed by atoms with Crippen LogP contribution < -0.4 is 11.1 Å². The number of ether oxygens (including phenoxy) is 2. The molecular formula is C12H22N2O3. The van der Waals surface area contributed by atoms with E-state index in [0.717, 1.165) is 32.3 Å². The van der Waals surface area contributed by atoms with E-state index in [1.807, 2.05) is 0 Å². The highest BCUT2D eigenvalue weighted by atomic mass is 16.5. The fourth-order valence-electron chi connectivity index (χ4n) is 2.37. The zero-order valence-electron chi connectivity index (χ0n) is 10.2. The molecule has 5 nitrogen and oxygen atoms in total. The van der Waals surface area contributed by atoms with Crippen molar-refractivity contribution in [2.75, 3.05) is 19.7 Å². The van der Waals surface area contributed by atoms with Gasteiger partial charge in [-0.3, -0.25) is 4.79 Å². The van der Waals surface area contributed by atoms with Crippen LogP contribution in [0.2, 0.25) is 0 Å². The summed E-state index contributed by atoms with van der Waals surface area (Å²) < 4.78 is 11.1. The standard InChI is InChI=1S/C12H22N2O3/c13-7-9-4-5-11(17-9)12(15)14-8-10-3-1-2-6-16-10/h9-11H,1-8,13H2,(H,14,15)/t9-,10?,11+/m1/s1. The van der Waals surface area contributed by atoms with Crippen molar-refractivity contribution in [3.8, 4) is 0 Å². The van der Waals surface area contributed by atoms with Crippen LogP contribution in [-0.4, -0.2) is 43.9 Å². The maximum absolute atomic E-state index is 11.8. The maximum atomic E-state index is 11.8. The summed E-state index contributed by atoms with van der Waals surface area (Å²) in [6.07, 6.45) is 4.94. The van der Waals surface area contributed by atoms with E-state index in [9.17, 15) is 4.79 Å². The minimum atomic E-state index is -0.313. The van der Waals surface area contributed by atoms with Crippen LogP contribution in [0.4, 0.5) is 0 Å².